The van der Waals surface area contributed by atoms with E-state index >= 15 is 0 Å². The minimum atomic E-state index is -4.67. The zero-order valence-corrected chi connectivity index (χ0v) is 17.7. The highest BCUT2D eigenvalue weighted by Crippen LogP contribution is 2.44. The van der Waals surface area contributed by atoms with Crippen LogP contribution in [0.2, 0.25) is 0 Å². The van der Waals surface area contributed by atoms with Crippen LogP contribution in [0.4, 0.5) is 23.7 Å². The summed E-state index contributed by atoms with van der Waals surface area (Å²) in [4.78, 5) is 22.3. The monoisotopic (exact) mass is 468 g/mol. The number of ether oxygens (including phenoxy) is 1. The summed E-state index contributed by atoms with van der Waals surface area (Å²) in [7, 11) is 0. The SMILES string of the molecule is O=C(NCC=Cc1cc([N+](=O)[O-])ccc1C(F)(F)F)OCC1c2ccccc2-c2ccccc21. The number of halogens is 3. The number of carbonyl (C=O) groups excluding carboxylic acids is 1. The molecule has 0 radical (unpaired) electrons. The standard InChI is InChI=1S/C25H19F3N2O4/c26-25(27,28)23-12-11-17(30(32)33)14-16(23)6-5-13-29-24(31)34-15-22-20-9-3-1-7-18(20)19-8-2-4-10-21(19)22/h1-12,14,22H,13,15H2,(H,29,31). The van der Waals surface area contributed by atoms with Gasteiger partial charge in [-0.25, -0.2) is 4.79 Å². The summed E-state index contributed by atoms with van der Waals surface area (Å²) in [6.45, 7) is -0.0106. The van der Waals surface area contributed by atoms with E-state index in [2.05, 4.69) is 5.32 Å². The molecule has 0 fully saturated rings. The van der Waals surface area contributed by atoms with Crippen molar-refractivity contribution in [1.29, 1.82) is 0 Å². The Balaban J connectivity index is 1.38. The Labute approximate surface area is 192 Å². The number of nitrogens with one attached hydrogen (secondary N) is 1. The van der Waals surface area contributed by atoms with Crippen molar-refractivity contribution in [2.45, 2.75) is 12.1 Å². The smallest absolute Gasteiger partial charge is 0.416 e. The molecular weight excluding hydrogens is 449 g/mol. The molecule has 0 spiro atoms. The molecule has 1 aliphatic rings. The summed E-state index contributed by atoms with van der Waals surface area (Å²) in [6, 6.07) is 18.1. The number of rotatable bonds is 6. The van der Waals surface area contributed by atoms with Crippen molar-refractivity contribution in [1.82, 2.24) is 5.32 Å². The van der Waals surface area contributed by atoms with E-state index in [1.165, 1.54) is 6.08 Å². The van der Waals surface area contributed by atoms with E-state index in [0.717, 1.165) is 40.5 Å². The van der Waals surface area contributed by atoms with Gasteiger partial charge in [-0.05, 0) is 33.9 Å². The van der Waals surface area contributed by atoms with Crippen LogP contribution in [0.15, 0.2) is 72.8 Å². The van der Waals surface area contributed by atoms with Crippen LogP contribution in [0, 0.1) is 10.1 Å². The minimum absolute atomic E-state index is 0.104. The number of carbonyl (C=O) groups is 1. The van der Waals surface area contributed by atoms with E-state index in [1.807, 2.05) is 48.5 Å². The lowest BCUT2D eigenvalue weighted by molar-refractivity contribution is -0.384. The van der Waals surface area contributed by atoms with Crippen molar-refractivity contribution in [3.63, 3.8) is 0 Å². The van der Waals surface area contributed by atoms with Crippen LogP contribution in [0.25, 0.3) is 17.2 Å². The van der Waals surface area contributed by atoms with E-state index in [4.69, 9.17) is 4.74 Å². The Morgan fingerprint density at radius 1 is 1.03 bits per heavy atom. The molecule has 0 unspecified atom stereocenters. The Bertz CT molecular complexity index is 1230. The van der Waals surface area contributed by atoms with Crippen LogP contribution in [0.3, 0.4) is 0 Å². The molecule has 1 amide bonds. The first kappa shape index (κ1) is 23.0. The molecule has 1 N–H and O–H groups in total. The van der Waals surface area contributed by atoms with Crippen LogP contribution in [-0.4, -0.2) is 24.2 Å². The van der Waals surface area contributed by atoms with Crippen LogP contribution >= 0.6 is 0 Å². The van der Waals surface area contributed by atoms with E-state index in [-0.39, 0.29) is 24.6 Å². The molecule has 0 bridgehead atoms. The highest BCUT2D eigenvalue weighted by Gasteiger charge is 2.33. The van der Waals surface area contributed by atoms with Crippen molar-refractivity contribution < 1.29 is 27.6 Å². The molecule has 0 aromatic heterocycles. The normalized spacial score (nSPS) is 12.9. The number of non-ortho nitro benzene ring substituents is 1. The fourth-order valence-corrected chi connectivity index (χ4v) is 4.04. The van der Waals surface area contributed by atoms with Gasteiger partial charge in [-0.2, -0.15) is 13.2 Å². The molecule has 0 saturated heterocycles. The van der Waals surface area contributed by atoms with Crippen molar-refractivity contribution >= 4 is 17.9 Å². The Morgan fingerprint density at radius 2 is 1.65 bits per heavy atom. The van der Waals surface area contributed by atoms with E-state index in [1.54, 1.807) is 0 Å². The highest BCUT2D eigenvalue weighted by molar-refractivity contribution is 5.79. The van der Waals surface area contributed by atoms with Gasteiger partial charge in [0.15, 0.2) is 0 Å². The third kappa shape index (κ3) is 4.78. The van der Waals surface area contributed by atoms with Crippen LogP contribution in [0.1, 0.15) is 28.2 Å². The molecule has 34 heavy (non-hydrogen) atoms. The topological polar surface area (TPSA) is 81.5 Å². The second-order valence-corrected chi connectivity index (χ2v) is 7.64. The number of fused-ring (bicyclic) bond motifs is 3. The van der Waals surface area contributed by atoms with Crippen LogP contribution < -0.4 is 5.32 Å². The van der Waals surface area contributed by atoms with Gasteiger partial charge in [0, 0.05) is 24.6 Å². The molecule has 0 heterocycles. The summed E-state index contributed by atoms with van der Waals surface area (Å²) in [5, 5.41) is 13.4. The van der Waals surface area contributed by atoms with Gasteiger partial charge < -0.3 is 10.1 Å². The van der Waals surface area contributed by atoms with Crippen molar-refractivity contribution in [2.75, 3.05) is 13.2 Å². The molecule has 9 heteroatoms. The summed E-state index contributed by atoms with van der Waals surface area (Å²) >= 11 is 0. The van der Waals surface area contributed by atoms with Crippen molar-refractivity contribution in [2.24, 2.45) is 0 Å². The highest BCUT2D eigenvalue weighted by atomic mass is 19.4. The lowest BCUT2D eigenvalue weighted by Gasteiger charge is -2.14. The molecule has 3 aromatic rings. The summed E-state index contributed by atoms with van der Waals surface area (Å²) < 4.78 is 44.9. The average molecular weight is 468 g/mol. The fraction of sp³-hybridized carbons (Fsp3) is 0.160. The number of hydrogen-bond acceptors (Lipinski definition) is 4. The molecule has 3 aromatic carbocycles. The predicted molar refractivity (Wildman–Crippen MR) is 120 cm³/mol. The molecule has 0 aliphatic heterocycles. The summed E-state index contributed by atoms with van der Waals surface area (Å²) in [5.41, 5.74) is 2.46. The minimum Gasteiger partial charge on any atom is -0.449 e. The number of benzene rings is 3. The molecule has 4 rings (SSSR count). The zero-order valence-electron chi connectivity index (χ0n) is 17.7. The van der Waals surface area contributed by atoms with Gasteiger partial charge in [0.05, 0.1) is 10.5 Å². The molecule has 1 aliphatic carbocycles. The molecule has 6 nitrogen and oxygen atoms in total. The second-order valence-electron chi connectivity index (χ2n) is 7.64. The number of amides is 1. The second kappa shape index (κ2) is 9.38. The van der Waals surface area contributed by atoms with Crippen LogP contribution in [-0.2, 0) is 10.9 Å². The zero-order chi connectivity index (χ0) is 24.3. The molecule has 0 saturated carbocycles. The third-order valence-electron chi connectivity index (χ3n) is 5.56. The van der Waals surface area contributed by atoms with E-state index in [9.17, 15) is 28.1 Å². The van der Waals surface area contributed by atoms with Gasteiger partial charge in [-0.1, -0.05) is 60.7 Å². The van der Waals surface area contributed by atoms with E-state index < -0.39 is 28.4 Å². The lowest BCUT2D eigenvalue weighted by atomic mass is 9.98. The third-order valence-corrected chi connectivity index (χ3v) is 5.56. The van der Waals surface area contributed by atoms with Crippen LogP contribution in [0.5, 0.6) is 0 Å². The van der Waals surface area contributed by atoms with Crippen molar-refractivity contribution in [3.05, 3.63) is 105 Å². The quantitative estimate of drug-likeness (QED) is 0.347. The largest absolute Gasteiger partial charge is 0.449 e. The first-order valence-electron chi connectivity index (χ1n) is 10.4. The van der Waals surface area contributed by atoms with Gasteiger partial charge >= 0.3 is 12.3 Å². The maximum absolute atomic E-state index is 13.2. The first-order chi connectivity index (χ1) is 16.3. The molecular formula is C25H19F3N2O4. The average Bonchev–Trinajstić information content (AvgIpc) is 3.13. The number of hydrogen-bond donors (Lipinski definition) is 1. The summed E-state index contributed by atoms with van der Waals surface area (Å²) in [6.07, 6.45) is -3.04. The fourth-order valence-electron chi connectivity index (χ4n) is 4.04. The maximum Gasteiger partial charge on any atom is 0.416 e. The number of nitro groups is 1. The summed E-state index contributed by atoms with van der Waals surface area (Å²) in [5.74, 6) is -0.118. The van der Waals surface area contributed by atoms with Crippen molar-refractivity contribution in [3.8, 4) is 11.1 Å². The van der Waals surface area contributed by atoms with Gasteiger partial charge in [0.1, 0.15) is 6.61 Å². The van der Waals surface area contributed by atoms with Gasteiger partial charge in [0.2, 0.25) is 0 Å². The van der Waals surface area contributed by atoms with Gasteiger partial charge in [-0.3, -0.25) is 10.1 Å². The first-order valence-corrected chi connectivity index (χ1v) is 10.4. The Kier molecular flexibility index (Phi) is 6.36. The Hall–Kier alpha value is -4.14. The number of alkyl carbamates (subject to hydrolysis) is 1. The van der Waals surface area contributed by atoms with Gasteiger partial charge in [-0.15, -0.1) is 0 Å². The Morgan fingerprint density at radius 3 is 2.24 bits per heavy atom. The number of alkyl halides is 3. The molecule has 174 valence electrons. The predicted octanol–water partition coefficient (Wildman–Crippen LogP) is 6.17. The number of nitrogens with zero attached hydrogens (tertiary/aromatic N) is 1. The van der Waals surface area contributed by atoms with E-state index in [0.29, 0.717) is 6.07 Å². The maximum atomic E-state index is 13.2. The number of nitro benzene ring substituents is 1. The lowest BCUT2D eigenvalue weighted by Crippen LogP contribution is -2.26. The van der Waals surface area contributed by atoms with Gasteiger partial charge in [0.25, 0.3) is 5.69 Å². The molecule has 0 atom stereocenters.